The third-order valence-corrected chi connectivity index (χ3v) is 5.32. The zero-order valence-corrected chi connectivity index (χ0v) is 18.7. The Bertz CT molecular complexity index is 1080. The topological polar surface area (TPSA) is 96.9 Å². The van der Waals surface area contributed by atoms with Crippen LogP contribution in [-0.2, 0) is 9.59 Å². The molecule has 0 unspecified atom stereocenters. The van der Waals surface area contributed by atoms with E-state index in [1.54, 1.807) is 0 Å². The van der Waals surface area contributed by atoms with Crippen LogP contribution in [0.3, 0.4) is 0 Å². The van der Waals surface area contributed by atoms with Crippen molar-refractivity contribution in [3.63, 3.8) is 0 Å². The lowest BCUT2D eigenvalue weighted by Gasteiger charge is -2.29. The molecular formula is C22H20Cl2F2N2O5. The quantitative estimate of drug-likeness (QED) is 0.513. The molecule has 11 heteroatoms. The lowest BCUT2D eigenvalue weighted by molar-refractivity contribution is -0.129. The molecule has 0 bridgehead atoms. The largest absolute Gasteiger partial charge is 0.484 e. The summed E-state index contributed by atoms with van der Waals surface area (Å²) < 4.78 is 37.7. The lowest BCUT2D eigenvalue weighted by atomic mass is 9.98. The van der Waals surface area contributed by atoms with Crippen molar-refractivity contribution < 1.29 is 33.0 Å². The molecule has 3 rings (SSSR count). The number of nitrogens with one attached hydrogen (secondary N) is 2. The van der Waals surface area contributed by atoms with Crippen LogP contribution in [0.4, 0.5) is 8.78 Å². The van der Waals surface area contributed by atoms with Gasteiger partial charge in [0.25, 0.3) is 11.8 Å². The highest BCUT2D eigenvalue weighted by Gasteiger charge is 2.32. The van der Waals surface area contributed by atoms with Gasteiger partial charge in [0.2, 0.25) is 0 Å². The number of rotatable bonds is 8. The zero-order chi connectivity index (χ0) is 24.1. The SMILES string of the molecule is C=C(CCNC(=O)COc1ccc(Cl)c(F)c1)NC(=O)[C@H]1C[C@H](O)c2cc(Cl)c(F)cc2O1. The highest BCUT2D eigenvalue weighted by Crippen LogP contribution is 2.37. The second-order valence-electron chi connectivity index (χ2n) is 7.22. The van der Waals surface area contributed by atoms with Gasteiger partial charge in [-0.2, -0.15) is 0 Å². The van der Waals surface area contributed by atoms with Gasteiger partial charge in [-0.3, -0.25) is 9.59 Å². The first-order valence-electron chi connectivity index (χ1n) is 9.81. The van der Waals surface area contributed by atoms with E-state index in [1.165, 1.54) is 18.2 Å². The van der Waals surface area contributed by atoms with Crippen molar-refractivity contribution in [2.45, 2.75) is 25.0 Å². The minimum absolute atomic E-state index is 0.0363. The standard InChI is InChI=1S/C22H20Cl2F2N2O5/c1-11(4-5-27-21(30)10-32-12-2-3-14(23)16(25)6-12)28-22(31)20-9-18(29)13-7-15(24)17(26)8-19(13)33-20/h2-3,6-8,18,20,29H,1,4-5,9-10H2,(H,27,30)(H,28,31)/t18-,20+/m0/s1. The number of aliphatic hydroxyl groups is 1. The molecule has 0 fully saturated rings. The van der Waals surface area contributed by atoms with E-state index in [4.69, 9.17) is 32.7 Å². The molecule has 2 aromatic rings. The molecule has 7 nitrogen and oxygen atoms in total. The molecule has 2 amide bonds. The Kier molecular flexibility index (Phi) is 8.12. The highest BCUT2D eigenvalue weighted by atomic mass is 35.5. The van der Waals surface area contributed by atoms with E-state index >= 15 is 0 Å². The fourth-order valence-electron chi connectivity index (χ4n) is 3.03. The van der Waals surface area contributed by atoms with Gasteiger partial charge in [-0.25, -0.2) is 8.78 Å². The molecule has 0 spiro atoms. The van der Waals surface area contributed by atoms with Gasteiger partial charge in [-0.15, -0.1) is 0 Å². The number of ether oxygens (including phenoxy) is 2. The second kappa shape index (κ2) is 10.8. The molecule has 1 heterocycles. The van der Waals surface area contributed by atoms with Gasteiger partial charge in [-0.1, -0.05) is 29.8 Å². The Hall–Kier alpha value is -2.88. The van der Waals surface area contributed by atoms with Crippen LogP contribution >= 0.6 is 23.2 Å². The predicted octanol–water partition coefficient (Wildman–Crippen LogP) is 3.67. The van der Waals surface area contributed by atoms with E-state index in [0.717, 1.165) is 12.1 Å². The van der Waals surface area contributed by atoms with Crippen LogP contribution in [0.5, 0.6) is 11.5 Å². The number of hydrogen-bond acceptors (Lipinski definition) is 5. The maximum atomic E-state index is 13.7. The van der Waals surface area contributed by atoms with Crippen LogP contribution in [0.25, 0.3) is 0 Å². The summed E-state index contributed by atoms with van der Waals surface area (Å²) in [6.07, 6.45) is -1.95. The Balaban J connectivity index is 1.41. The molecule has 1 aliphatic heterocycles. The first-order chi connectivity index (χ1) is 15.6. The Morgan fingerprint density at radius 2 is 1.91 bits per heavy atom. The highest BCUT2D eigenvalue weighted by molar-refractivity contribution is 6.31. The molecule has 1 aliphatic rings. The molecule has 0 radical (unpaired) electrons. The average molecular weight is 501 g/mol. The number of carbonyl (C=O) groups is 2. The van der Waals surface area contributed by atoms with E-state index in [-0.39, 0.29) is 47.5 Å². The summed E-state index contributed by atoms with van der Waals surface area (Å²) >= 11 is 11.3. The third kappa shape index (κ3) is 6.56. The minimum Gasteiger partial charge on any atom is -0.484 e. The third-order valence-electron chi connectivity index (χ3n) is 4.72. The van der Waals surface area contributed by atoms with E-state index in [9.17, 15) is 23.5 Å². The number of carbonyl (C=O) groups excluding carboxylic acids is 2. The van der Waals surface area contributed by atoms with Crippen LogP contribution in [0.15, 0.2) is 42.6 Å². The van der Waals surface area contributed by atoms with Gasteiger partial charge in [0, 0.05) is 42.8 Å². The number of fused-ring (bicyclic) bond motifs is 1. The lowest BCUT2D eigenvalue weighted by Crippen LogP contribution is -2.41. The van der Waals surface area contributed by atoms with Gasteiger partial charge in [0.1, 0.15) is 23.1 Å². The normalized spacial score (nSPS) is 16.9. The Morgan fingerprint density at radius 1 is 1.18 bits per heavy atom. The van der Waals surface area contributed by atoms with E-state index < -0.39 is 35.7 Å². The van der Waals surface area contributed by atoms with Crippen LogP contribution < -0.4 is 20.1 Å². The zero-order valence-electron chi connectivity index (χ0n) is 17.2. The van der Waals surface area contributed by atoms with Gasteiger partial charge in [-0.05, 0) is 18.2 Å². The van der Waals surface area contributed by atoms with Crippen molar-refractivity contribution in [3.05, 3.63) is 69.9 Å². The number of aliphatic hydroxyl groups excluding tert-OH is 1. The van der Waals surface area contributed by atoms with Crippen molar-refractivity contribution in [1.82, 2.24) is 10.6 Å². The summed E-state index contributed by atoms with van der Waals surface area (Å²) in [6.45, 7) is 3.53. The average Bonchev–Trinajstić information content (AvgIpc) is 2.75. The van der Waals surface area contributed by atoms with Crippen molar-refractivity contribution in [2.75, 3.05) is 13.2 Å². The van der Waals surface area contributed by atoms with Gasteiger partial charge in [0.05, 0.1) is 16.1 Å². The second-order valence-corrected chi connectivity index (χ2v) is 8.03. The summed E-state index contributed by atoms with van der Waals surface area (Å²) in [7, 11) is 0. The molecule has 3 N–H and O–H groups in total. The molecule has 2 atom stereocenters. The number of amides is 2. The molecule has 0 saturated carbocycles. The monoisotopic (exact) mass is 500 g/mol. The molecule has 2 aromatic carbocycles. The fraction of sp³-hybridized carbons (Fsp3) is 0.273. The summed E-state index contributed by atoms with van der Waals surface area (Å²) in [6, 6.07) is 6.10. The first kappa shape index (κ1) is 24.8. The van der Waals surface area contributed by atoms with Crippen molar-refractivity contribution in [3.8, 4) is 11.5 Å². The molecule has 0 aliphatic carbocycles. The van der Waals surface area contributed by atoms with Gasteiger partial charge >= 0.3 is 0 Å². The number of halogens is 4. The van der Waals surface area contributed by atoms with Crippen molar-refractivity contribution in [2.24, 2.45) is 0 Å². The smallest absolute Gasteiger partial charge is 0.265 e. The summed E-state index contributed by atoms with van der Waals surface area (Å²) in [4.78, 5) is 24.3. The first-order valence-corrected chi connectivity index (χ1v) is 10.6. The molecule has 33 heavy (non-hydrogen) atoms. The maximum Gasteiger partial charge on any atom is 0.265 e. The maximum absolute atomic E-state index is 13.7. The Morgan fingerprint density at radius 3 is 2.64 bits per heavy atom. The van der Waals surface area contributed by atoms with Crippen LogP contribution in [0.2, 0.25) is 10.0 Å². The Labute approximate surface area is 198 Å². The molecule has 0 aromatic heterocycles. The summed E-state index contributed by atoms with van der Waals surface area (Å²) in [5.41, 5.74) is 0.600. The van der Waals surface area contributed by atoms with Crippen LogP contribution in [0.1, 0.15) is 24.5 Å². The summed E-state index contributed by atoms with van der Waals surface area (Å²) in [5.74, 6) is -2.22. The van der Waals surface area contributed by atoms with E-state index in [2.05, 4.69) is 17.2 Å². The van der Waals surface area contributed by atoms with Gasteiger partial charge < -0.3 is 25.2 Å². The molecule has 0 saturated heterocycles. The fourth-order valence-corrected chi connectivity index (χ4v) is 3.32. The predicted molar refractivity (Wildman–Crippen MR) is 117 cm³/mol. The van der Waals surface area contributed by atoms with E-state index in [1.807, 2.05) is 0 Å². The molecular weight excluding hydrogens is 481 g/mol. The van der Waals surface area contributed by atoms with E-state index in [0.29, 0.717) is 11.3 Å². The van der Waals surface area contributed by atoms with Crippen LogP contribution in [0, 0.1) is 11.6 Å². The number of benzene rings is 2. The number of hydrogen-bond donors (Lipinski definition) is 3. The van der Waals surface area contributed by atoms with Crippen LogP contribution in [-0.4, -0.2) is 36.2 Å². The minimum atomic E-state index is -1.06. The summed E-state index contributed by atoms with van der Waals surface area (Å²) in [5, 5.41) is 15.2. The van der Waals surface area contributed by atoms with Gasteiger partial charge in [0.15, 0.2) is 12.7 Å². The van der Waals surface area contributed by atoms with Crippen molar-refractivity contribution >= 4 is 35.0 Å². The molecule has 176 valence electrons. The van der Waals surface area contributed by atoms with Crippen molar-refractivity contribution in [1.29, 1.82) is 0 Å².